The Labute approximate surface area is 215 Å². The number of pyridine rings is 1. The van der Waals surface area contributed by atoms with Crippen molar-refractivity contribution in [1.82, 2.24) is 24.4 Å². The number of methoxy groups -OCH3 is 1. The smallest absolute Gasteiger partial charge is 0.409 e. The van der Waals surface area contributed by atoms with Gasteiger partial charge in [0.1, 0.15) is 17.9 Å². The number of aromatic nitrogens is 4. The second kappa shape index (κ2) is 10.5. The number of nitrogens with one attached hydrogen (secondary N) is 1. The molecule has 1 N–H and O–H groups in total. The van der Waals surface area contributed by atoms with E-state index in [1.807, 2.05) is 13.0 Å². The lowest BCUT2D eigenvalue weighted by molar-refractivity contribution is 0.00978. The summed E-state index contributed by atoms with van der Waals surface area (Å²) in [5, 5.41) is 6.98. The molecule has 1 aliphatic rings. The minimum Gasteiger partial charge on any atom is -0.453 e. The molecule has 0 aliphatic carbocycles. The van der Waals surface area contributed by atoms with E-state index in [4.69, 9.17) is 14.0 Å². The number of imidazole rings is 1. The molecule has 0 radical (unpaired) electrons. The predicted molar refractivity (Wildman–Crippen MR) is 130 cm³/mol. The van der Waals surface area contributed by atoms with Crippen LogP contribution in [-0.4, -0.2) is 69.7 Å². The summed E-state index contributed by atoms with van der Waals surface area (Å²) in [4.78, 5) is 35.0. The quantitative estimate of drug-likeness (QED) is 0.367. The van der Waals surface area contributed by atoms with E-state index < -0.39 is 25.0 Å². The van der Waals surface area contributed by atoms with Crippen LogP contribution >= 0.6 is 0 Å². The second-order valence-corrected chi connectivity index (χ2v) is 8.78. The number of carbonyl (C=O) groups excluding carboxylic acids is 2. The number of hydrogen-bond donors (Lipinski definition) is 1. The fourth-order valence-electron chi connectivity index (χ4n) is 4.17. The van der Waals surface area contributed by atoms with E-state index >= 15 is 0 Å². The standard InChI is InChI=1S/C25H24F2N6O5/c1-14-17(22-30-24(38-31-22)16-10-32(11-16)25(35)36-2)4-3-5-18(14)29-23(34)19-8-28-21-7-6-15(9-33(19)21)12-37-13-20(26)27/h3-9,16,20H,10-13H2,1-2H3,(H,29,34). The first kappa shape index (κ1) is 25.3. The first-order chi connectivity index (χ1) is 18.3. The van der Waals surface area contributed by atoms with Gasteiger partial charge in [0.25, 0.3) is 12.3 Å². The van der Waals surface area contributed by atoms with Gasteiger partial charge in [0.15, 0.2) is 0 Å². The maximum absolute atomic E-state index is 13.2. The topological polar surface area (TPSA) is 124 Å². The van der Waals surface area contributed by atoms with Crippen LogP contribution in [-0.2, 0) is 16.1 Å². The molecule has 0 atom stereocenters. The lowest BCUT2D eigenvalue weighted by Crippen LogP contribution is -2.48. The third-order valence-corrected chi connectivity index (χ3v) is 6.24. The number of anilines is 1. The molecule has 1 aliphatic heterocycles. The number of halogens is 2. The van der Waals surface area contributed by atoms with E-state index in [1.54, 1.807) is 34.9 Å². The summed E-state index contributed by atoms with van der Waals surface area (Å²) >= 11 is 0. The molecule has 4 aromatic rings. The van der Waals surface area contributed by atoms with Gasteiger partial charge in [0.05, 0.1) is 25.8 Å². The Morgan fingerprint density at radius 2 is 2.05 bits per heavy atom. The Balaban J connectivity index is 1.31. The van der Waals surface area contributed by atoms with Crippen molar-refractivity contribution in [3.63, 3.8) is 0 Å². The van der Waals surface area contributed by atoms with Crippen LogP contribution in [0.25, 0.3) is 17.0 Å². The van der Waals surface area contributed by atoms with E-state index in [-0.39, 0.29) is 18.2 Å². The molecule has 5 rings (SSSR count). The molecule has 198 valence electrons. The molecular formula is C25H24F2N6O5. The van der Waals surface area contributed by atoms with Gasteiger partial charge in [-0.3, -0.25) is 9.20 Å². The highest BCUT2D eigenvalue weighted by atomic mass is 19.3. The fraction of sp³-hybridized carbons (Fsp3) is 0.320. The lowest BCUT2D eigenvalue weighted by atomic mass is 10.0. The molecule has 1 fully saturated rings. The van der Waals surface area contributed by atoms with Crippen LogP contribution in [0.4, 0.5) is 19.3 Å². The van der Waals surface area contributed by atoms with Gasteiger partial charge < -0.3 is 24.2 Å². The highest BCUT2D eigenvalue weighted by Gasteiger charge is 2.36. The average molecular weight is 527 g/mol. The largest absolute Gasteiger partial charge is 0.453 e. The second-order valence-electron chi connectivity index (χ2n) is 8.78. The van der Waals surface area contributed by atoms with Crippen LogP contribution in [0, 0.1) is 6.92 Å². The Morgan fingerprint density at radius 3 is 2.82 bits per heavy atom. The highest BCUT2D eigenvalue weighted by Crippen LogP contribution is 2.31. The maximum Gasteiger partial charge on any atom is 0.409 e. The highest BCUT2D eigenvalue weighted by molar-refractivity contribution is 6.04. The van der Waals surface area contributed by atoms with Gasteiger partial charge in [-0.05, 0) is 30.2 Å². The molecule has 11 nitrogen and oxygen atoms in total. The van der Waals surface area contributed by atoms with Gasteiger partial charge in [-0.15, -0.1) is 0 Å². The number of alkyl halides is 2. The monoisotopic (exact) mass is 526 g/mol. The van der Waals surface area contributed by atoms with E-state index in [0.717, 1.165) is 5.56 Å². The Hall–Kier alpha value is -4.39. The molecule has 13 heteroatoms. The van der Waals surface area contributed by atoms with E-state index in [0.29, 0.717) is 47.3 Å². The molecule has 2 amide bonds. The van der Waals surface area contributed by atoms with E-state index in [2.05, 4.69) is 20.4 Å². The average Bonchev–Trinajstić information content (AvgIpc) is 3.51. The molecule has 1 saturated heterocycles. The first-order valence-corrected chi connectivity index (χ1v) is 11.7. The minimum absolute atomic E-state index is 0.0189. The van der Waals surface area contributed by atoms with Crippen molar-refractivity contribution in [2.75, 3.05) is 32.1 Å². The summed E-state index contributed by atoms with van der Waals surface area (Å²) in [6.07, 6.45) is 0.119. The van der Waals surface area contributed by atoms with Gasteiger partial charge in [-0.25, -0.2) is 18.6 Å². The maximum atomic E-state index is 13.2. The molecule has 38 heavy (non-hydrogen) atoms. The number of hydrogen-bond acceptors (Lipinski definition) is 8. The number of likely N-dealkylation sites (tertiary alicyclic amines) is 1. The fourth-order valence-corrected chi connectivity index (χ4v) is 4.17. The first-order valence-electron chi connectivity index (χ1n) is 11.7. The molecule has 4 heterocycles. The van der Waals surface area contributed by atoms with Crippen molar-refractivity contribution < 1.29 is 32.4 Å². The van der Waals surface area contributed by atoms with Crippen molar-refractivity contribution in [1.29, 1.82) is 0 Å². The van der Waals surface area contributed by atoms with Crippen LogP contribution in [0.5, 0.6) is 0 Å². The lowest BCUT2D eigenvalue weighted by Gasteiger charge is -2.35. The SMILES string of the molecule is COC(=O)N1CC(c2nc(-c3cccc(NC(=O)c4cnc5ccc(COCC(F)F)cn45)c3C)no2)C1. The summed E-state index contributed by atoms with van der Waals surface area (Å²) in [7, 11) is 1.33. The molecule has 3 aromatic heterocycles. The van der Waals surface area contributed by atoms with Gasteiger partial charge in [-0.2, -0.15) is 4.98 Å². The van der Waals surface area contributed by atoms with Crippen molar-refractivity contribution in [3.8, 4) is 11.4 Å². The normalized spacial score (nSPS) is 13.7. The Kier molecular flexibility index (Phi) is 7.01. The third kappa shape index (κ3) is 5.05. The number of carbonyl (C=O) groups is 2. The summed E-state index contributed by atoms with van der Waals surface area (Å²) < 4.78 is 41.5. The number of rotatable bonds is 8. The van der Waals surface area contributed by atoms with Gasteiger partial charge in [-0.1, -0.05) is 23.4 Å². The molecular weight excluding hydrogens is 502 g/mol. The molecule has 0 saturated carbocycles. The van der Waals surface area contributed by atoms with Crippen molar-refractivity contribution in [3.05, 3.63) is 65.4 Å². The van der Waals surface area contributed by atoms with Crippen molar-refractivity contribution in [2.45, 2.75) is 25.9 Å². The molecule has 1 aromatic carbocycles. The van der Waals surface area contributed by atoms with Gasteiger partial charge >= 0.3 is 6.09 Å². The number of fused-ring (bicyclic) bond motifs is 1. The zero-order valence-electron chi connectivity index (χ0n) is 20.6. The van der Waals surface area contributed by atoms with Gasteiger partial charge in [0.2, 0.25) is 11.7 Å². The summed E-state index contributed by atoms with van der Waals surface area (Å²) in [5.41, 5.74) is 3.37. The number of amides is 2. The summed E-state index contributed by atoms with van der Waals surface area (Å²) in [6.45, 7) is 2.01. The molecule has 0 unspecified atom stereocenters. The van der Waals surface area contributed by atoms with E-state index in [1.165, 1.54) is 18.2 Å². The zero-order valence-corrected chi connectivity index (χ0v) is 20.6. The van der Waals surface area contributed by atoms with Crippen LogP contribution < -0.4 is 5.32 Å². The third-order valence-electron chi connectivity index (χ3n) is 6.24. The summed E-state index contributed by atoms with van der Waals surface area (Å²) in [6, 6.07) is 8.73. The van der Waals surface area contributed by atoms with E-state index in [9.17, 15) is 18.4 Å². The molecule has 0 spiro atoms. The van der Waals surface area contributed by atoms with Crippen molar-refractivity contribution >= 4 is 23.3 Å². The number of nitrogens with zero attached hydrogens (tertiary/aromatic N) is 5. The molecule has 0 bridgehead atoms. The van der Waals surface area contributed by atoms with Crippen LogP contribution in [0.3, 0.4) is 0 Å². The van der Waals surface area contributed by atoms with Gasteiger partial charge in [0, 0.05) is 30.5 Å². The number of ether oxygens (including phenoxy) is 2. The Morgan fingerprint density at radius 1 is 1.24 bits per heavy atom. The Bertz CT molecular complexity index is 1480. The van der Waals surface area contributed by atoms with Crippen LogP contribution in [0.2, 0.25) is 0 Å². The van der Waals surface area contributed by atoms with Crippen LogP contribution in [0.15, 0.2) is 47.2 Å². The van der Waals surface area contributed by atoms with Crippen molar-refractivity contribution in [2.24, 2.45) is 0 Å². The summed E-state index contributed by atoms with van der Waals surface area (Å²) in [5.74, 6) is 0.315. The predicted octanol–water partition coefficient (Wildman–Crippen LogP) is 3.89. The van der Waals surface area contributed by atoms with Crippen LogP contribution in [0.1, 0.15) is 33.4 Å². The minimum atomic E-state index is -2.55. The zero-order chi connectivity index (χ0) is 26.8. The number of benzene rings is 1.